The predicted octanol–water partition coefficient (Wildman–Crippen LogP) is 0.329. The molecule has 1 unspecified atom stereocenters. The average molecular weight is 220 g/mol. The molecule has 0 spiro atoms. The van der Waals surface area contributed by atoms with Crippen LogP contribution in [-0.4, -0.2) is 54.6 Å². The Balaban J connectivity index is 2.05. The SMILES string of the molecule is CN1CCN(C(CN)c2ccncc2)CC1. The van der Waals surface area contributed by atoms with E-state index >= 15 is 0 Å². The topological polar surface area (TPSA) is 45.4 Å². The first kappa shape index (κ1) is 11.5. The largest absolute Gasteiger partial charge is 0.329 e. The van der Waals surface area contributed by atoms with Crippen molar-refractivity contribution in [3.8, 4) is 0 Å². The predicted molar refractivity (Wildman–Crippen MR) is 65.1 cm³/mol. The van der Waals surface area contributed by atoms with Crippen LogP contribution in [0.25, 0.3) is 0 Å². The summed E-state index contributed by atoms with van der Waals surface area (Å²) in [5.74, 6) is 0. The van der Waals surface area contributed by atoms with Crippen molar-refractivity contribution in [1.82, 2.24) is 14.8 Å². The summed E-state index contributed by atoms with van der Waals surface area (Å²) >= 11 is 0. The summed E-state index contributed by atoms with van der Waals surface area (Å²) in [5.41, 5.74) is 7.17. The van der Waals surface area contributed by atoms with Crippen molar-refractivity contribution in [2.75, 3.05) is 39.8 Å². The Labute approximate surface area is 97.1 Å². The zero-order chi connectivity index (χ0) is 11.4. The van der Waals surface area contributed by atoms with Gasteiger partial charge in [0.15, 0.2) is 0 Å². The van der Waals surface area contributed by atoms with Gasteiger partial charge in [0.05, 0.1) is 0 Å². The lowest BCUT2D eigenvalue weighted by molar-refractivity contribution is 0.114. The van der Waals surface area contributed by atoms with Crippen molar-refractivity contribution in [2.24, 2.45) is 5.73 Å². The van der Waals surface area contributed by atoms with Gasteiger partial charge in [-0.1, -0.05) is 0 Å². The molecule has 1 aromatic heterocycles. The molecule has 1 aromatic rings. The third-order valence-electron chi connectivity index (χ3n) is 3.29. The fourth-order valence-electron chi connectivity index (χ4n) is 2.22. The van der Waals surface area contributed by atoms with Crippen LogP contribution in [0.15, 0.2) is 24.5 Å². The van der Waals surface area contributed by atoms with Gasteiger partial charge in [-0.3, -0.25) is 9.88 Å². The van der Waals surface area contributed by atoms with Gasteiger partial charge < -0.3 is 10.6 Å². The number of rotatable bonds is 3. The third kappa shape index (κ3) is 2.58. The summed E-state index contributed by atoms with van der Waals surface area (Å²) in [6.45, 7) is 5.12. The smallest absolute Gasteiger partial charge is 0.0472 e. The molecule has 0 amide bonds. The second-order valence-corrected chi connectivity index (χ2v) is 4.37. The Morgan fingerprint density at radius 1 is 1.25 bits per heavy atom. The average Bonchev–Trinajstić information content (AvgIpc) is 2.34. The molecule has 2 heterocycles. The van der Waals surface area contributed by atoms with Gasteiger partial charge in [-0.2, -0.15) is 0 Å². The highest BCUT2D eigenvalue weighted by Gasteiger charge is 2.22. The van der Waals surface area contributed by atoms with Crippen LogP contribution in [-0.2, 0) is 0 Å². The number of piperazine rings is 1. The van der Waals surface area contributed by atoms with E-state index in [4.69, 9.17) is 5.73 Å². The van der Waals surface area contributed by atoms with Crippen molar-refractivity contribution >= 4 is 0 Å². The molecule has 2 rings (SSSR count). The number of pyridine rings is 1. The van der Waals surface area contributed by atoms with E-state index in [0.717, 1.165) is 26.2 Å². The fraction of sp³-hybridized carbons (Fsp3) is 0.583. The molecule has 4 heteroatoms. The van der Waals surface area contributed by atoms with Gasteiger partial charge in [-0.25, -0.2) is 0 Å². The maximum atomic E-state index is 5.89. The zero-order valence-corrected chi connectivity index (χ0v) is 9.84. The quantitative estimate of drug-likeness (QED) is 0.797. The second-order valence-electron chi connectivity index (χ2n) is 4.37. The molecular formula is C12H20N4. The van der Waals surface area contributed by atoms with Crippen molar-refractivity contribution in [3.05, 3.63) is 30.1 Å². The molecule has 0 radical (unpaired) electrons. The number of likely N-dealkylation sites (N-methyl/N-ethyl adjacent to an activating group) is 1. The first-order chi connectivity index (χ1) is 7.81. The van der Waals surface area contributed by atoms with E-state index in [-0.39, 0.29) is 0 Å². The highest BCUT2D eigenvalue weighted by atomic mass is 15.3. The van der Waals surface area contributed by atoms with Crippen molar-refractivity contribution in [2.45, 2.75) is 6.04 Å². The van der Waals surface area contributed by atoms with Gasteiger partial charge in [0.25, 0.3) is 0 Å². The minimum Gasteiger partial charge on any atom is -0.329 e. The summed E-state index contributed by atoms with van der Waals surface area (Å²) in [7, 11) is 2.17. The maximum absolute atomic E-state index is 5.89. The van der Waals surface area contributed by atoms with E-state index in [2.05, 4.69) is 34.0 Å². The summed E-state index contributed by atoms with van der Waals surface area (Å²) in [4.78, 5) is 8.88. The molecule has 4 nitrogen and oxygen atoms in total. The van der Waals surface area contributed by atoms with Crippen LogP contribution >= 0.6 is 0 Å². The minimum absolute atomic E-state index is 0.344. The number of nitrogens with two attached hydrogens (primary N) is 1. The summed E-state index contributed by atoms with van der Waals surface area (Å²) in [5, 5.41) is 0. The summed E-state index contributed by atoms with van der Waals surface area (Å²) in [6.07, 6.45) is 3.68. The fourth-order valence-corrected chi connectivity index (χ4v) is 2.22. The normalized spacial score (nSPS) is 20.9. The standard InChI is InChI=1S/C12H20N4/c1-15-6-8-16(9-7-15)12(10-13)11-2-4-14-5-3-11/h2-5,12H,6-10,13H2,1H3. The van der Waals surface area contributed by atoms with Crippen LogP contribution in [0.3, 0.4) is 0 Å². The molecule has 0 bridgehead atoms. The van der Waals surface area contributed by atoms with Crippen molar-refractivity contribution in [3.63, 3.8) is 0 Å². The first-order valence-electron chi connectivity index (χ1n) is 5.84. The van der Waals surface area contributed by atoms with E-state index in [9.17, 15) is 0 Å². The Morgan fingerprint density at radius 2 is 1.88 bits per heavy atom. The highest BCUT2D eigenvalue weighted by molar-refractivity contribution is 5.15. The molecule has 1 saturated heterocycles. The molecule has 1 atom stereocenters. The summed E-state index contributed by atoms with van der Waals surface area (Å²) < 4.78 is 0. The van der Waals surface area contributed by atoms with Gasteiger partial charge in [0.2, 0.25) is 0 Å². The van der Waals surface area contributed by atoms with Crippen molar-refractivity contribution in [1.29, 1.82) is 0 Å². The highest BCUT2D eigenvalue weighted by Crippen LogP contribution is 2.19. The zero-order valence-electron chi connectivity index (χ0n) is 9.84. The lowest BCUT2D eigenvalue weighted by Crippen LogP contribution is -2.47. The molecule has 1 aliphatic rings. The van der Waals surface area contributed by atoms with Crippen LogP contribution < -0.4 is 5.73 Å². The summed E-state index contributed by atoms with van der Waals surface area (Å²) in [6, 6.07) is 4.47. The number of hydrogen-bond acceptors (Lipinski definition) is 4. The van der Waals surface area contributed by atoms with Crippen LogP contribution in [0.1, 0.15) is 11.6 Å². The second kappa shape index (κ2) is 5.39. The van der Waals surface area contributed by atoms with E-state index < -0.39 is 0 Å². The van der Waals surface area contributed by atoms with E-state index in [1.54, 1.807) is 0 Å². The number of nitrogens with zero attached hydrogens (tertiary/aromatic N) is 3. The molecule has 0 aromatic carbocycles. The molecule has 1 fully saturated rings. The van der Waals surface area contributed by atoms with Gasteiger partial charge in [-0.15, -0.1) is 0 Å². The Bertz CT molecular complexity index is 306. The van der Waals surface area contributed by atoms with Gasteiger partial charge >= 0.3 is 0 Å². The van der Waals surface area contributed by atoms with E-state index in [1.165, 1.54) is 5.56 Å². The van der Waals surface area contributed by atoms with Gasteiger partial charge in [0, 0.05) is 51.2 Å². The van der Waals surface area contributed by atoms with Crippen molar-refractivity contribution < 1.29 is 0 Å². The maximum Gasteiger partial charge on any atom is 0.0472 e. The molecule has 2 N–H and O–H groups in total. The lowest BCUT2D eigenvalue weighted by atomic mass is 10.1. The van der Waals surface area contributed by atoms with Gasteiger partial charge in [-0.05, 0) is 24.7 Å². The molecule has 0 aliphatic carbocycles. The molecule has 0 saturated carbocycles. The molecule has 16 heavy (non-hydrogen) atoms. The van der Waals surface area contributed by atoms with E-state index in [0.29, 0.717) is 12.6 Å². The van der Waals surface area contributed by atoms with E-state index in [1.807, 2.05) is 12.4 Å². The number of aromatic nitrogens is 1. The Morgan fingerprint density at radius 3 is 2.44 bits per heavy atom. The lowest BCUT2D eigenvalue weighted by Gasteiger charge is -2.37. The van der Waals surface area contributed by atoms with Crippen LogP contribution in [0.4, 0.5) is 0 Å². The van der Waals surface area contributed by atoms with Crippen LogP contribution in [0, 0.1) is 0 Å². The monoisotopic (exact) mass is 220 g/mol. The van der Waals surface area contributed by atoms with Gasteiger partial charge in [0.1, 0.15) is 0 Å². The minimum atomic E-state index is 0.344. The third-order valence-corrected chi connectivity index (χ3v) is 3.29. The molecule has 1 aliphatic heterocycles. The van der Waals surface area contributed by atoms with Crippen LogP contribution in [0.2, 0.25) is 0 Å². The Hall–Kier alpha value is -0.970. The number of hydrogen-bond donors (Lipinski definition) is 1. The van der Waals surface area contributed by atoms with Crippen LogP contribution in [0.5, 0.6) is 0 Å². The molecular weight excluding hydrogens is 200 g/mol. The Kier molecular flexibility index (Phi) is 3.88. The molecule has 88 valence electrons. The first-order valence-corrected chi connectivity index (χ1v) is 5.84.